The number of nitrogens with one attached hydrogen (secondary N) is 1. The van der Waals surface area contributed by atoms with Crippen LogP contribution in [0.4, 0.5) is 5.00 Å². The van der Waals surface area contributed by atoms with E-state index in [4.69, 9.17) is 4.74 Å². The van der Waals surface area contributed by atoms with Crippen molar-refractivity contribution < 1.29 is 9.53 Å². The lowest BCUT2D eigenvalue weighted by atomic mass is 9.89. The minimum Gasteiger partial charge on any atom is -0.383 e. The molecule has 7 nitrogen and oxygen atoms in total. The van der Waals surface area contributed by atoms with Crippen LogP contribution in [0.15, 0.2) is 35.5 Å². The molecule has 0 aliphatic heterocycles. The summed E-state index contributed by atoms with van der Waals surface area (Å²) in [4.78, 5) is 13.9. The van der Waals surface area contributed by atoms with E-state index >= 15 is 0 Å². The standard InChI is InChI=1S/C23H25N5O2S2/c1-15-8-9-17-18(13-24)22(32-19(17)12-15)25-20(29)14-31-23-27-26-21(28(23)10-11-30-2)16-6-4-3-5-7-16/h3-7,15H,8-12,14H2,1-2H3,(H,25,29)/t15-/m1/s1. The molecule has 9 heteroatoms. The summed E-state index contributed by atoms with van der Waals surface area (Å²) in [5.41, 5.74) is 2.71. The van der Waals surface area contributed by atoms with Crippen LogP contribution in [0.25, 0.3) is 11.4 Å². The largest absolute Gasteiger partial charge is 0.383 e. The second kappa shape index (κ2) is 10.3. The highest BCUT2D eigenvalue weighted by molar-refractivity contribution is 7.99. The maximum Gasteiger partial charge on any atom is 0.235 e. The number of aromatic nitrogens is 3. The number of fused-ring (bicyclic) bond motifs is 1. The Hall–Kier alpha value is -2.67. The number of hydrogen-bond donors (Lipinski definition) is 1. The highest BCUT2D eigenvalue weighted by Gasteiger charge is 2.25. The summed E-state index contributed by atoms with van der Waals surface area (Å²) in [7, 11) is 1.65. The molecule has 0 spiro atoms. The summed E-state index contributed by atoms with van der Waals surface area (Å²) in [6.45, 7) is 3.33. The first-order valence-electron chi connectivity index (χ1n) is 10.6. The number of carbonyl (C=O) groups is 1. The number of thioether (sulfide) groups is 1. The Morgan fingerprint density at radius 1 is 1.38 bits per heavy atom. The van der Waals surface area contributed by atoms with Gasteiger partial charge in [-0.1, -0.05) is 49.0 Å². The molecule has 166 valence electrons. The Balaban J connectivity index is 1.47. The number of benzene rings is 1. The van der Waals surface area contributed by atoms with Crippen molar-refractivity contribution in [2.24, 2.45) is 5.92 Å². The van der Waals surface area contributed by atoms with E-state index in [1.165, 1.54) is 16.6 Å². The van der Waals surface area contributed by atoms with E-state index < -0.39 is 0 Å². The third kappa shape index (κ3) is 4.88. The second-order valence-corrected chi connectivity index (χ2v) is 9.87. The molecule has 32 heavy (non-hydrogen) atoms. The number of amides is 1. The number of thiophene rings is 1. The minimum atomic E-state index is -0.152. The zero-order valence-electron chi connectivity index (χ0n) is 18.1. The SMILES string of the molecule is COCCn1c(SCC(=O)Nc2sc3c(c2C#N)CC[C@@H](C)C3)nnc1-c1ccccc1. The molecule has 0 fully saturated rings. The normalized spacial score (nSPS) is 15.2. The van der Waals surface area contributed by atoms with Gasteiger partial charge in [0.25, 0.3) is 0 Å². The lowest BCUT2D eigenvalue weighted by Crippen LogP contribution is -2.15. The zero-order valence-corrected chi connectivity index (χ0v) is 19.8. The van der Waals surface area contributed by atoms with E-state index in [1.54, 1.807) is 18.4 Å². The van der Waals surface area contributed by atoms with Crippen molar-refractivity contribution >= 4 is 34.0 Å². The summed E-state index contributed by atoms with van der Waals surface area (Å²) in [5, 5.41) is 22.6. The summed E-state index contributed by atoms with van der Waals surface area (Å²) < 4.78 is 7.22. The average Bonchev–Trinajstić information content (AvgIpc) is 3.36. The van der Waals surface area contributed by atoms with Gasteiger partial charge in [0.1, 0.15) is 11.1 Å². The number of rotatable bonds is 8. The molecule has 2 heterocycles. The Kier molecular flexibility index (Phi) is 7.25. The first kappa shape index (κ1) is 22.5. The summed E-state index contributed by atoms with van der Waals surface area (Å²) >= 11 is 2.88. The van der Waals surface area contributed by atoms with Crippen LogP contribution in [0.2, 0.25) is 0 Å². The van der Waals surface area contributed by atoms with Gasteiger partial charge in [-0.3, -0.25) is 9.36 Å². The Labute approximate surface area is 195 Å². The van der Waals surface area contributed by atoms with Gasteiger partial charge in [0.2, 0.25) is 5.91 Å². The third-order valence-electron chi connectivity index (χ3n) is 5.48. The van der Waals surface area contributed by atoms with Gasteiger partial charge < -0.3 is 10.1 Å². The van der Waals surface area contributed by atoms with Crippen molar-refractivity contribution in [1.82, 2.24) is 14.8 Å². The number of ether oxygens (including phenoxy) is 1. The predicted molar refractivity (Wildman–Crippen MR) is 127 cm³/mol. The number of hydrogen-bond acceptors (Lipinski definition) is 7. The van der Waals surface area contributed by atoms with E-state index in [-0.39, 0.29) is 11.7 Å². The molecule has 4 rings (SSSR count). The van der Waals surface area contributed by atoms with Gasteiger partial charge >= 0.3 is 0 Å². The predicted octanol–water partition coefficient (Wildman–Crippen LogP) is 4.38. The molecule has 0 saturated heterocycles. The van der Waals surface area contributed by atoms with Crippen molar-refractivity contribution in [2.75, 3.05) is 24.8 Å². The molecular weight excluding hydrogens is 442 g/mol. The van der Waals surface area contributed by atoms with E-state index in [1.807, 2.05) is 34.9 Å². The monoisotopic (exact) mass is 467 g/mol. The van der Waals surface area contributed by atoms with E-state index in [2.05, 4.69) is 28.5 Å². The maximum absolute atomic E-state index is 12.7. The number of carbonyl (C=O) groups excluding carboxylic acids is 1. The van der Waals surface area contributed by atoms with Crippen LogP contribution in [0.3, 0.4) is 0 Å². The van der Waals surface area contributed by atoms with Gasteiger partial charge in [-0.05, 0) is 30.7 Å². The highest BCUT2D eigenvalue weighted by atomic mass is 32.2. The molecular formula is C23H25N5O2S2. The molecule has 0 radical (unpaired) electrons. The smallest absolute Gasteiger partial charge is 0.235 e. The van der Waals surface area contributed by atoms with Crippen LogP contribution in [0.1, 0.15) is 29.3 Å². The fourth-order valence-corrected chi connectivity index (χ4v) is 5.97. The van der Waals surface area contributed by atoms with Gasteiger partial charge in [-0.15, -0.1) is 21.5 Å². The van der Waals surface area contributed by atoms with Crippen LogP contribution in [0.5, 0.6) is 0 Å². The van der Waals surface area contributed by atoms with Crippen LogP contribution in [-0.2, 0) is 28.9 Å². The molecule has 3 aromatic rings. The Morgan fingerprint density at radius 3 is 2.94 bits per heavy atom. The van der Waals surface area contributed by atoms with Gasteiger partial charge in [-0.25, -0.2) is 0 Å². The van der Waals surface area contributed by atoms with Crippen LogP contribution >= 0.6 is 23.1 Å². The molecule has 1 N–H and O–H groups in total. The molecule has 1 aliphatic rings. The molecule has 0 saturated carbocycles. The molecule has 1 aliphatic carbocycles. The second-order valence-electron chi connectivity index (χ2n) is 7.82. The van der Waals surface area contributed by atoms with Gasteiger partial charge in [-0.2, -0.15) is 5.26 Å². The number of methoxy groups -OCH3 is 1. The third-order valence-corrected chi connectivity index (χ3v) is 7.61. The maximum atomic E-state index is 12.7. The summed E-state index contributed by atoms with van der Waals surface area (Å²) in [5.74, 6) is 1.39. The van der Waals surface area contributed by atoms with Crippen molar-refractivity contribution in [3.05, 3.63) is 46.3 Å². The topological polar surface area (TPSA) is 92.8 Å². The lowest BCUT2D eigenvalue weighted by Gasteiger charge is -2.17. The quantitative estimate of drug-likeness (QED) is 0.494. The molecule has 2 aromatic heterocycles. The van der Waals surface area contributed by atoms with Crippen molar-refractivity contribution in [1.29, 1.82) is 5.26 Å². The number of anilines is 1. The van der Waals surface area contributed by atoms with Gasteiger partial charge in [0, 0.05) is 17.6 Å². The van der Waals surface area contributed by atoms with Crippen molar-refractivity contribution in [2.45, 2.75) is 37.9 Å². The molecule has 0 bridgehead atoms. The fourth-order valence-electron chi connectivity index (χ4n) is 3.83. The number of nitrogens with zero attached hydrogens (tertiary/aromatic N) is 4. The molecule has 0 unspecified atom stereocenters. The lowest BCUT2D eigenvalue weighted by molar-refractivity contribution is -0.113. The molecule has 1 amide bonds. The van der Waals surface area contributed by atoms with E-state index in [9.17, 15) is 10.1 Å². The first-order valence-corrected chi connectivity index (χ1v) is 12.4. The zero-order chi connectivity index (χ0) is 22.5. The van der Waals surface area contributed by atoms with Gasteiger partial charge in [0.15, 0.2) is 11.0 Å². The van der Waals surface area contributed by atoms with Crippen LogP contribution in [0, 0.1) is 17.2 Å². The van der Waals surface area contributed by atoms with Crippen molar-refractivity contribution in [3.63, 3.8) is 0 Å². The number of nitriles is 1. The minimum absolute atomic E-state index is 0.152. The highest BCUT2D eigenvalue weighted by Crippen LogP contribution is 2.39. The van der Waals surface area contributed by atoms with Gasteiger partial charge in [0.05, 0.1) is 24.5 Å². The van der Waals surface area contributed by atoms with Crippen LogP contribution in [-0.4, -0.2) is 40.1 Å². The van der Waals surface area contributed by atoms with E-state index in [0.717, 1.165) is 36.2 Å². The molecule has 1 aromatic carbocycles. The van der Waals surface area contributed by atoms with E-state index in [0.29, 0.717) is 34.8 Å². The Morgan fingerprint density at radius 2 is 2.19 bits per heavy atom. The average molecular weight is 468 g/mol. The van der Waals surface area contributed by atoms with Crippen LogP contribution < -0.4 is 5.32 Å². The fraction of sp³-hybridized carbons (Fsp3) is 0.391. The summed E-state index contributed by atoms with van der Waals surface area (Å²) in [6, 6.07) is 12.1. The summed E-state index contributed by atoms with van der Waals surface area (Å²) in [6.07, 6.45) is 2.97. The first-order chi connectivity index (χ1) is 15.6. The van der Waals surface area contributed by atoms with Crippen molar-refractivity contribution in [3.8, 4) is 17.5 Å². The molecule has 1 atom stereocenters. The Bertz CT molecular complexity index is 1130.